The number of aryl methyl sites for hydroxylation is 1. The summed E-state index contributed by atoms with van der Waals surface area (Å²) in [6.45, 7) is 1.92. The van der Waals surface area contributed by atoms with Crippen molar-refractivity contribution in [3.63, 3.8) is 0 Å². The first-order valence-electron chi connectivity index (χ1n) is 8.59. The molecule has 8 heteroatoms. The molecule has 1 heterocycles. The number of nitrogens with zero attached hydrogens (tertiary/aromatic N) is 2. The first-order valence-corrected chi connectivity index (χ1v) is 8.59. The van der Waals surface area contributed by atoms with Crippen molar-refractivity contribution in [2.75, 3.05) is 5.32 Å². The number of rotatable bonds is 6. The largest absolute Gasteiger partial charge is 0.471 e. The zero-order valence-corrected chi connectivity index (χ0v) is 15.0. The molecule has 0 aliphatic rings. The molecule has 0 unspecified atom stereocenters. The first kappa shape index (κ1) is 19.5. The zero-order valence-electron chi connectivity index (χ0n) is 15.0. The lowest BCUT2D eigenvalue weighted by Gasteiger charge is -2.10. The summed E-state index contributed by atoms with van der Waals surface area (Å²) >= 11 is 0. The van der Waals surface area contributed by atoms with Crippen molar-refractivity contribution in [1.82, 2.24) is 9.78 Å². The third-order valence-electron chi connectivity index (χ3n) is 4.02. The quantitative estimate of drug-likeness (QED) is 0.662. The summed E-state index contributed by atoms with van der Waals surface area (Å²) in [4.78, 5) is 12.3. The Morgan fingerprint density at radius 2 is 1.89 bits per heavy atom. The van der Waals surface area contributed by atoms with E-state index in [1.54, 1.807) is 0 Å². The Morgan fingerprint density at radius 3 is 2.57 bits per heavy atom. The highest BCUT2D eigenvalue weighted by Crippen LogP contribution is 2.31. The molecular weight excluding hydrogens is 371 g/mol. The second-order valence-electron chi connectivity index (χ2n) is 6.04. The number of nitrogens with one attached hydrogen (secondary N) is 1. The number of amides is 1. The van der Waals surface area contributed by atoms with Gasteiger partial charge in [0, 0.05) is 11.9 Å². The van der Waals surface area contributed by atoms with Gasteiger partial charge in [0.2, 0.25) is 0 Å². The van der Waals surface area contributed by atoms with E-state index in [9.17, 15) is 18.0 Å². The van der Waals surface area contributed by atoms with Crippen LogP contribution in [0.2, 0.25) is 0 Å². The molecule has 28 heavy (non-hydrogen) atoms. The summed E-state index contributed by atoms with van der Waals surface area (Å²) in [5.74, 6) is -0.325. The fraction of sp³-hybridized carbons (Fsp3) is 0.200. The van der Waals surface area contributed by atoms with Crippen LogP contribution >= 0.6 is 0 Å². The lowest BCUT2D eigenvalue weighted by atomic mass is 10.1. The zero-order chi connectivity index (χ0) is 20.1. The molecule has 2 aromatic carbocycles. The monoisotopic (exact) mass is 389 g/mol. The summed E-state index contributed by atoms with van der Waals surface area (Å²) in [7, 11) is 0. The number of anilines is 1. The van der Waals surface area contributed by atoms with Crippen molar-refractivity contribution < 1.29 is 22.7 Å². The molecule has 0 bridgehead atoms. The van der Waals surface area contributed by atoms with Crippen molar-refractivity contribution >= 4 is 11.6 Å². The van der Waals surface area contributed by atoms with Crippen LogP contribution in [0.3, 0.4) is 0 Å². The summed E-state index contributed by atoms with van der Waals surface area (Å²) in [5, 5.41) is 6.82. The Bertz CT molecular complexity index is 950. The number of benzene rings is 2. The van der Waals surface area contributed by atoms with E-state index in [2.05, 4.69) is 10.4 Å². The predicted octanol–water partition coefficient (Wildman–Crippen LogP) is 4.75. The molecule has 0 aliphatic carbocycles. The Labute approximate surface area is 159 Å². The minimum absolute atomic E-state index is 0.0624. The average molecular weight is 389 g/mol. The van der Waals surface area contributed by atoms with Gasteiger partial charge in [-0.2, -0.15) is 18.3 Å². The SMILES string of the molecule is CCc1ccc(NC(=O)c2ccn(COc3cccc(C(F)(F)F)c3)n2)cc1. The molecule has 1 N–H and O–H groups in total. The Hall–Kier alpha value is -3.29. The van der Waals surface area contributed by atoms with Crippen LogP contribution < -0.4 is 10.1 Å². The summed E-state index contributed by atoms with van der Waals surface area (Å²) in [5.41, 5.74) is 1.19. The molecule has 3 rings (SSSR count). The average Bonchev–Trinajstić information content (AvgIpc) is 3.16. The fourth-order valence-electron chi connectivity index (χ4n) is 2.48. The van der Waals surface area contributed by atoms with Gasteiger partial charge in [0.1, 0.15) is 5.75 Å². The Balaban J connectivity index is 1.60. The molecule has 5 nitrogen and oxygen atoms in total. The third kappa shape index (κ3) is 4.91. The lowest BCUT2D eigenvalue weighted by molar-refractivity contribution is -0.137. The van der Waals surface area contributed by atoms with Crippen LogP contribution in [0.1, 0.15) is 28.5 Å². The van der Waals surface area contributed by atoms with Crippen LogP contribution in [0.5, 0.6) is 5.75 Å². The van der Waals surface area contributed by atoms with Crippen LogP contribution in [-0.2, 0) is 19.3 Å². The van der Waals surface area contributed by atoms with Gasteiger partial charge in [-0.05, 0) is 48.4 Å². The van der Waals surface area contributed by atoms with E-state index in [0.29, 0.717) is 5.69 Å². The van der Waals surface area contributed by atoms with Crippen molar-refractivity contribution in [3.05, 3.63) is 77.6 Å². The van der Waals surface area contributed by atoms with Crippen LogP contribution in [0.4, 0.5) is 18.9 Å². The van der Waals surface area contributed by atoms with Crippen LogP contribution in [0, 0.1) is 0 Å². The number of halogens is 3. The van der Waals surface area contributed by atoms with Gasteiger partial charge in [-0.25, -0.2) is 4.68 Å². The van der Waals surface area contributed by atoms with E-state index in [0.717, 1.165) is 24.1 Å². The highest BCUT2D eigenvalue weighted by Gasteiger charge is 2.30. The summed E-state index contributed by atoms with van der Waals surface area (Å²) in [6, 6.07) is 13.6. The van der Waals surface area contributed by atoms with Gasteiger partial charge in [-0.15, -0.1) is 0 Å². The van der Waals surface area contributed by atoms with Crippen molar-refractivity contribution in [2.45, 2.75) is 26.3 Å². The molecule has 146 valence electrons. The standard InChI is InChI=1S/C20H18F3N3O2/c1-2-14-6-8-16(9-7-14)24-19(27)18-10-11-26(25-18)13-28-17-5-3-4-15(12-17)20(21,22)23/h3-12H,2,13H2,1H3,(H,24,27). The molecule has 1 amide bonds. The van der Waals surface area contributed by atoms with Gasteiger partial charge in [-0.3, -0.25) is 4.79 Å². The summed E-state index contributed by atoms with van der Waals surface area (Å²) in [6.07, 6.45) is -2.02. The number of carbonyl (C=O) groups excluding carboxylic acids is 1. The van der Waals surface area contributed by atoms with E-state index >= 15 is 0 Å². The van der Waals surface area contributed by atoms with E-state index in [-0.39, 0.29) is 24.1 Å². The number of ether oxygens (including phenoxy) is 1. The normalized spacial score (nSPS) is 11.3. The van der Waals surface area contributed by atoms with Gasteiger partial charge in [-0.1, -0.05) is 25.1 Å². The van der Waals surface area contributed by atoms with Crippen LogP contribution in [-0.4, -0.2) is 15.7 Å². The van der Waals surface area contributed by atoms with Crippen LogP contribution in [0.25, 0.3) is 0 Å². The van der Waals surface area contributed by atoms with Gasteiger partial charge in [0.05, 0.1) is 5.56 Å². The van der Waals surface area contributed by atoms with Gasteiger partial charge < -0.3 is 10.1 Å². The van der Waals surface area contributed by atoms with Crippen LogP contribution in [0.15, 0.2) is 60.8 Å². The number of carbonyl (C=O) groups is 1. The molecule has 3 aromatic rings. The van der Waals surface area contributed by atoms with Gasteiger partial charge >= 0.3 is 6.18 Å². The fourth-order valence-corrected chi connectivity index (χ4v) is 2.48. The smallest absolute Gasteiger partial charge is 0.416 e. The number of hydrogen-bond donors (Lipinski definition) is 1. The first-order chi connectivity index (χ1) is 13.3. The molecule has 0 saturated heterocycles. The van der Waals surface area contributed by atoms with Crippen molar-refractivity contribution in [2.24, 2.45) is 0 Å². The maximum Gasteiger partial charge on any atom is 0.416 e. The minimum Gasteiger partial charge on any atom is -0.471 e. The maximum atomic E-state index is 12.7. The van der Waals surface area contributed by atoms with E-state index in [1.165, 1.54) is 29.1 Å². The van der Waals surface area contributed by atoms with E-state index in [1.807, 2.05) is 31.2 Å². The second-order valence-corrected chi connectivity index (χ2v) is 6.04. The number of aromatic nitrogens is 2. The molecule has 0 saturated carbocycles. The molecular formula is C20H18F3N3O2. The topological polar surface area (TPSA) is 56.2 Å². The van der Waals surface area contributed by atoms with Gasteiger partial charge in [0.15, 0.2) is 12.4 Å². The highest BCUT2D eigenvalue weighted by molar-refractivity contribution is 6.02. The van der Waals surface area contributed by atoms with E-state index < -0.39 is 11.7 Å². The highest BCUT2D eigenvalue weighted by atomic mass is 19.4. The number of hydrogen-bond acceptors (Lipinski definition) is 3. The Morgan fingerprint density at radius 1 is 1.14 bits per heavy atom. The van der Waals surface area contributed by atoms with E-state index in [4.69, 9.17) is 4.74 Å². The third-order valence-corrected chi connectivity index (χ3v) is 4.02. The minimum atomic E-state index is -4.44. The molecule has 0 spiro atoms. The number of alkyl halides is 3. The summed E-state index contributed by atoms with van der Waals surface area (Å²) < 4.78 is 44.8. The predicted molar refractivity (Wildman–Crippen MR) is 98.1 cm³/mol. The van der Waals surface area contributed by atoms with Gasteiger partial charge in [0.25, 0.3) is 5.91 Å². The van der Waals surface area contributed by atoms with Crippen molar-refractivity contribution in [3.8, 4) is 5.75 Å². The maximum absolute atomic E-state index is 12.7. The van der Waals surface area contributed by atoms with Crippen molar-refractivity contribution in [1.29, 1.82) is 0 Å². The molecule has 0 radical (unpaired) electrons. The second kappa shape index (κ2) is 8.16. The molecule has 0 aliphatic heterocycles. The Kier molecular flexibility index (Phi) is 5.67. The molecule has 0 atom stereocenters. The molecule has 0 fully saturated rings. The lowest BCUT2D eigenvalue weighted by Crippen LogP contribution is -2.14. The molecule has 1 aromatic heterocycles.